The fraction of sp³-hybridized carbons (Fsp3) is 0.696. The Kier molecular flexibility index (Phi) is 5.51. The molecule has 0 aromatic heterocycles. The highest BCUT2D eigenvalue weighted by Gasteiger charge is 2.48. The highest BCUT2D eigenvalue weighted by Crippen LogP contribution is 2.49. The lowest BCUT2D eigenvalue weighted by Crippen LogP contribution is -2.38. The quantitative estimate of drug-likeness (QED) is 0.697. The van der Waals surface area contributed by atoms with E-state index in [4.69, 9.17) is 9.47 Å². The van der Waals surface area contributed by atoms with Crippen LogP contribution in [-0.4, -0.2) is 60.0 Å². The molecule has 0 unspecified atom stereocenters. The van der Waals surface area contributed by atoms with Crippen molar-refractivity contribution < 1.29 is 24.5 Å². The molecule has 6 nitrogen and oxygen atoms in total. The average molecular weight is 404 g/mol. The van der Waals surface area contributed by atoms with Crippen LogP contribution in [0.5, 0.6) is 11.5 Å². The van der Waals surface area contributed by atoms with Crippen molar-refractivity contribution in [2.75, 3.05) is 26.8 Å². The number of aliphatic hydroxyl groups excluding tert-OH is 2. The summed E-state index contributed by atoms with van der Waals surface area (Å²) in [5.74, 6) is 2.44. The molecule has 2 N–H and O–H groups in total. The second-order valence-corrected chi connectivity index (χ2v) is 9.33. The molecule has 3 aliphatic rings. The van der Waals surface area contributed by atoms with Crippen molar-refractivity contribution in [2.24, 2.45) is 17.3 Å². The molecule has 6 heteroatoms. The predicted octanol–water partition coefficient (Wildman–Crippen LogP) is 2.57. The third-order valence-corrected chi connectivity index (χ3v) is 7.20. The van der Waals surface area contributed by atoms with Gasteiger partial charge in [0.15, 0.2) is 11.5 Å². The number of amides is 1. The highest BCUT2D eigenvalue weighted by molar-refractivity contribution is 5.77. The Labute approximate surface area is 172 Å². The van der Waals surface area contributed by atoms with E-state index in [1.54, 1.807) is 18.9 Å². The first-order chi connectivity index (χ1) is 13.9. The lowest BCUT2D eigenvalue weighted by Gasteiger charge is -2.34. The lowest BCUT2D eigenvalue weighted by atomic mass is 9.72. The van der Waals surface area contributed by atoms with Crippen molar-refractivity contribution in [1.29, 1.82) is 0 Å². The van der Waals surface area contributed by atoms with Gasteiger partial charge in [0.2, 0.25) is 5.91 Å². The van der Waals surface area contributed by atoms with Gasteiger partial charge >= 0.3 is 0 Å². The Morgan fingerprint density at radius 2 is 1.90 bits per heavy atom. The first kappa shape index (κ1) is 20.5. The standard InChI is InChI=1S/C23H33NO5/c1-14(26)23(2)13-24(21(27)12-25)11-18(23)17-8-9-19(28-3)20(10-17)29-22(15-4-5-15)16-6-7-16/h8-10,14-16,18,22,25-26H,4-7,11-13H2,1-3H3/t14-,18+,23+/m1/s1. The number of likely N-dealkylation sites (tertiary alicyclic amines) is 1. The van der Waals surface area contributed by atoms with Crippen LogP contribution in [0.25, 0.3) is 0 Å². The Balaban J connectivity index is 1.63. The van der Waals surface area contributed by atoms with Crippen molar-refractivity contribution in [2.45, 2.75) is 57.7 Å². The summed E-state index contributed by atoms with van der Waals surface area (Å²) >= 11 is 0. The van der Waals surface area contributed by atoms with Gasteiger partial charge in [-0.05, 0) is 62.1 Å². The minimum absolute atomic E-state index is 0.0495. The van der Waals surface area contributed by atoms with Gasteiger partial charge in [0, 0.05) is 24.4 Å². The van der Waals surface area contributed by atoms with Crippen LogP contribution in [0.4, 0.5) is 0 Å². The summed E-state index contributed by atoms with van der Waals surface area (Å²) in [7, 11) is 1.66. The molecule has 29 heavy (non-hydrogen) atoms. The normalized spacial score (nSPS) is 27.9. The van der Waals surface area contributed by atoms with Crippen LogP contribution < -0.4 is 9.47 Å². The van der Waals surface area contributed by atoms with Crippen LogP contribution in [0, 0.1) is 17.3 Å². The summed E-state index contributed by atoms with van der Waals surface area (Å²) in [6, 6.07) is 5.97. The zero-order chi connectivity index (χ0) is 20.8. The van der Waals surface area contributed by atoms with E-state index >= 15 is 0 Å². The SMILES string of the molecule is COc1ccc([C@@H]2CN(C(=O)CO)C[C@@]2(C)[C@@H](C)O)cc1OC(C1CC1)C1CC1. The lowest BCUT2D eigenvalue weighted by molar-refractivity contribution is -0.133. The zero-order valence-corrected chi connectivity index (χ0v) is 17.6. The number of hydrogen-bond acceptors (Lipinski definition) is 5. The van der Waals surface area contributed by atoms with E-state index in [9.17, 15) is 15.0 Å². The molecule has 0 spiro atoms. The molecule has 1 amide bonds. The molecule has 1 aliphatic heterocycles. The first-order valence-corrected chi connectivity index (χ1v) is 10.8. The molecule has 1 aromatic carbocycles. The number of carbonyl (C=O) groups excluding carboxylic acids is 1. The summed E-state index contributed by atoms with van der Waals surface area (Å²) in [5, 5.41) is 19.8. The topological polar surface area (TPSA) is 79.2 Å². The molecule has 3 atom stereocenters. The van der Waals surface area contributed by atoms with Gasteiger partial charge < -0.3 is 24.6 Å². The molecule has 3 fully saturated rings. The number of benzene rings is 1. The van der Waals surface area contributed by atoms with E-state index in [0.29, 0.717) is 24.9 Å². The first-order valence-electron chi connectivity index (χ1n) is 10.8. The second kappa shape index (κ2) is 7.80. The van der Waals surface area contributed by atoms with Gasteiger partial charge in [0.1, 0.15) is 12.7 Å². The smallest absolute Gasteiger partial charge is 0.248 e. The molecule has 2 saturated carbocycles. The Hall–Kier alpha value is -1.79. The van der Waals surface area contributed by atoms with E-state index in [1.807, 2.05) is 25.1 Å². The zero-order valence-electron chi connectivity index (χ0n) is 17.6. The van der Waals surface area contributed by atoms with Gasteiger partial charge in [-0.1, -0.05) is 13.0 Å². The molecule has 0 bridgehead atoms. The van der Waals surface area contributed by atoms with Gasteiger partial charge in [-0.15, -0.1) is 0 Å². The van der Waals surface area contributed by atoms with Crippen molar-refractivity contribution >= 4 is 5.91 Å². The molecule has 1 aromatic rings. The van der Waals surface area contributed by atoms with Gasteiger partial charge in [-0.25, -0.2) is 0 Å². The molecule has 2 aliphatic carbocycles. The third-order valence-electron chi connectivity index (χ3n) is 7.20. The molecule has 160 valence electrons. The van der Waals surface area contributed by atoms with Crippen LogP contribution in [0.1, 0.15) is 51.0 Å². The minimum atomic E-state index is -0.596. The van der Waals surface area contributed by atoms with Crippen molar-refractivity contribution in [3.8, 4) is 11.5 Å². The van der Waals surface area contributed by atoms with Crippen LogP contribution >= 0.6 is 0 Å². The summed E-state index contributed by atoms with van der Waals surface area (Å²) in [6.45, 7) is 4.17. The Bertz CT molecular complexity index is 746. The second-order valence-electron chi connectivity index (χ2n) is 9.33. The minimum Gasteiger partial charge on any atom is -0.493 e. The number of hydrogen-bond donors (Lipinski definition) is 2. The Morgan fingerprint density at radius 3 is 2.41 bits per heavy atom. The van der Waals surface area contributed by atoms with Crippen molar-refractivity contribution in [3.05, 3.63) is 23.8 Å². The van der Waals surface area contributed by atoms with E-state index in [2.05, 4.69) is 0 Å². The molecule has 0 radical (unpaired) electrons. The fourth-order valence-electron chi connectivity index (χ4n) is 4.79. The third kappa shape index (κ3) is 3.97. The van der Waals surface area contributed by atoms with Crippen LogP contribution in [-0.2, 0) is 4.79 Å². The number of aliphatic hydroxyl groups is 2. The molecule has 1 heterocycles. The highest BCUT2D eigenvalue weighted by atomic mass is 16.5. The molecule has 4 rings (SSSR count). The summed E-state index contributed by atoms with van der Waals surface area (Å²) in [6.07, 6.45) is 4.63. The van der Waals surface area contributed by atoms with Crippen molar-refractivity contribution in [3.63, 3.8) is 0 Å². The van der Waals surface area contributed by atoms with E-state index in [0.717, 1.165) is 17.1 Å². The largest absolute Gasteiger partial charge is 0.493 e. The van der Waals surface area contributed by atoms with Crippen LogP contribution in [0.3, 0.4) is 0 Å². The number of nitrogens with zero attached hydrogens (tertiary/aromatic N) is 1. The van der Waals surface area contributed by atoms with Gasteiger partial charge in [-0.2, -0.15) is 0 Å². The molecular weight excluding hydrogens is 370 g/mol. The summed E-state index contributed by atoms with van der Waals surface area (Å²) < 4.78 is 12.1. The monoisotopic (exact) mass is 403 g/mol. The van der Waals surface area contributed by atoms with Gasteiger partial charge in [0.05, 0.1) is 13.2 Å². The Morgan fingerprint density at radius 1 is 1.24 bits per heavy atom. The number of rotatable bonds is 8. The van der Waals surface area contributed by atoms with Gasteiger partial charge in [-0.3, -0.25) is 4.79 Å². The van der Waals surface area contributed by atoms with E-state index in [-0.39, 0.29) is 17.9 Å². The van der Waals surface area contributed by atoms with Crippen LogP contribution in [0.15, 0.2) is 18.2 Å². The number of carbonyl (C=O) groups is 1. The maximum Gasteiger partial charge on any atom is 0.248 e. The summed E-state index contributed by atoms with van der Waals surface area (Å²) in [4.78, 5) is 13.8. The maximum atomic E-state index is 12.1. The van der Waals surface area contributed by atoms with E-state index < -0.39 is 18.1 Å². The molecule has 1 saturated heterocycles. The van der Waals surface area contributed by atoms with Crippen molar-refractivity contribution in [1.82, 2.24) is 4.90 Å². The predicted molar refractivity (Wildman–Crippen MR) is 109 cm³/mol. The van der Waals surface area contributed by atoms with Gasteiger partial charge in [0.25, 0.3) is 0 Å². The number of methoxy groups -OCH3 is 1. The molecular formula is C23H33NO5. The maximum absolute atomic E-state index is 12.1. The van der Waals surface area contributed by atoms with Crippen LogP contribution in [0.2, 0.25) is 0 Å². The fourth-order valence-corrected chi connectivity index (χ4v) is 4.79. The average Bonchev–Trinajstić information content (AvgIpc) is 3.63. The number of ether oxygens (including phenoxy) is 2. The summed E-state index contributed by atoms with van der Waals surface area (Å²) in [5.41, 5.74) is 0.533. The van der Waals surface area contributed by atoms with E-state index in [1.165, 1.54) is 25.7 Å².